The van der Waals surface area contributed by atoms with Gasteiger partial charge in [-0.2, -0.15) is 0 Å². The van der Waals surface area contributed by atoms with Gasteiger partial charge in [0.1, 0.15) is 0 Å². The second kappa shape index (κ2) is 6.44. The van der Waals surface area contributed by atoms with Crippen LogP contribution in [0.5, 0.6) is 0 Å². The van der Waals surface area contributed by atoms with E-state index in [1.165, 1.54) is 12.8 Å². The molecule has 1 atom stereocenters. The Hall–Kier alpha value is -1.95. The number of carbonyl (C=O) groups is 1. The van der Waals surface area contributed by atoms with E-state index in [-0.39, 0.29) is 5.91 Å². The van der Waals surface area contributed by atoms with Crippen LogP contribution >= 0.6 is 0 Å². The second-order valence-corrected chi connectivity index (χ2v) is 6.02. The standard InChI is InChI=1S/C16H22N4O2/c1-11-15-7-13(8-18-16(15)22-19-11)10-20-6-4-3-5-14(20)9-17-12(2)21/h7-8,14H,3-6,9-10H2,1-2H3,(H,17,21). The molecule has 0 bridgehead atoms. The minimum Gasteiger partial charge on any atom is -0.355 e. The fourth-order valence-corrected chi connectivity index (χ4v) is 3.07. The number of nitrogens with zero attached hydrogens (tertiary/aromatic N) is 3. The van der Waals surface area contributed by atoms with Crippen LogP contribution in [0.2, 0.25) is 0 Å². The quantitative estimate of drug-likeness (QED) is 0.935. The van der Waals surface area contributed by atoms with Gasteiger partial charge in [-0.3, -0.25) is 9.69 Å². The monoisotopic (exact) mass is 302 g/mol. The SMILES string of the molecule is CC(=O)NCC1CCCCN1Cc1cnc2onc(C)c2c1. The van der Waals surface area contributed by atoms with Crippen LogP contribution in [0.1, 0.15) is 37.4 Å². The number of amides is 1. The summed E-state index contributed by atoms with van der Waals surface area (Å²) in [7, 11) is 0. The van der Waals surface area contributed by atoms with Crippen molar-refractivity contribution in [2.45, 2.75) is 45.7 Å². The van der Waals surface area contributed by atoms with Crippen molar-refractivity contribution in [1.29, 1.82) is 0 Å². The molecule has 1 saturated heterocycles. The molecule has 0 saturated carbocycles. The average molecular weight is 302 g/mol. The van der Waals surface area contributed by atoms with Gasteiger partial charge < -0.3 is 9.84 Å². The zero-order valence-electron chi connectivity index (χ0n) is 13.1. The lowest BCUT2D eigenvalue weighted by Gasteiger charge is -2.35. The smallest absolute Gasteiger partial charge is 0.257 e. The van der Waals surface area contributed by atoms with Gasteiger partial charge in [-0.25, -0.2) is 4.98 Å². The second-order valence-electron chi connectivity index (χ2n) is 6.02. The highest BCUT2D eigenvalue weighted by atomic mass is 16.5. The van der Waals surface area contributed by atoms with Crippen molar-refractivity contribution in [2.75, 3.05) is 13.1 Å². The van der Waals surface area contributed by atoms with E-state index >= 15 is 0 Å². The van der Waals surface area contributed by atoms with Gasteiger partial charge in [0.2, 0.25) is 5.91 Å². The molecule has 1 aliphatic heterocycles. The summed E-state index contributed by atoms with van der Waals surface area (Å²) in [6.07, 6.45) is 5.42. The number of pyridine rings is 1. The fourth-order valence-electron chi connectivity index (χ4n) is 3.07. The van der Waals surface area contributed by atoms with E-state index in [1.807, 2.05) is 13.1 Å². The maximum Gasteiger partial charge on any atom is 0.257 e. The molecule has 2 aromatic rings. The Morgan fingerprint density at radius 1 is 1.50 bits per heavy atom. The van der Waals surface area contributed by atoms with Crippen LogP contribution in [0.4, 0.5) is 0 Å². The molecule has 1 aliphatic rings. The van der Waals surface area contributed by atoms with E-state index in [2.05, 4.69) is 26.4 Å². The number of rotatable bonds is 4. The van der Waals surface area contributed by atoms with E-state index < -0.39 is 0 Å². The molecule has 1 N–H and O–H groups in total. The molecule has 6 nitrogen and oxygen atoms in total. The normalized spacial score (nSPS) is 19.5. The van der Waals surface area contributed by atoms with E-state index in [0.29, 0.717) is 11.8 Å². The Balaban J connectivity index is 1.73. The van der Waals surface area contributed by atoms with Gasteiger partial charge in [0, 0.05) is 32.3 Å². The first-order valence-electron chi connectivity index (χ1n) is 7.83. The molecule has 0 radical (unpaired) electrons. The Morgan fingerprint density at radius 2 is 2.36 bits per heavy atom. The van der Waals surface area contributed by atoms with Crippen LogP contribution in [0.25, 0.3) is 11.1 Å². The molecular formula is C16H22N4O2. The van der Waals surface area contributed by atoms with Gasteiger partial charge in [0.15, 0.2) is 0 Å². The summed E-state index contributed by atoms with van der Waals surface area (Å²) in [5, 5.41) is 7.87. The third-order valence-electron chi connectivity index (χ3n) is 4.29. The lowest BCUT2D eigenvalue weighted by atomic mass is 10.0. The summed E-state index contributed by atoms with van der Waals surface area (Å²) in [5.74, 6) is 0.0358. The molecule has 1 unspecified atom stereocenters. The Labute approximate surface area is 129 Å². The number of fused-ring (bicyclic) bond motifs is 1. The minimum absolute atomic E-state index is 0.0358. The maximum atomic E-state index is 11.1. The number of aryl methyl sites for hydroxylation is 1. The van der Waals surface area contributed by atoms with Gasteiger partial charge >= 0.3 is 0 Å². The van der Waals surface area contributed by atoms with Crippen molar-refractivity contribution in [1.82, 2.24) is 20.4 Å². The lowest BCUT2D eigenvalue weighted by molar-refractivity contribution is -0.119. The van der Waals surface area contributed by atoms with Gasteiger partial charge in [-0.1, -0.05) is 11.6 Å². The Kier molecular flexibility index (Phi) is 4.38. The molecule has 1 fully saturated rings. The van der Waals surface area contributed by atoms with Crippen molar-refractivity contribution in [3.63, 3.8) is 0 Å². The summed E-state index contributed by atoms with van der Waals surface area (Å²) in [6, 6.07) is 2.51. The summed E-state index contributed by atoms with van der Waals surface area (Å²) >= 11 is 0. The topological polar surface area (TPSA) is 71.3 Å². The van der Waals surface area contributed by atoms with Crippen molar-refractivity contribution in [3.8, 4) is 0 Å². The van der Waals surface area contributed by atoms with Crippen LogP contribution < -0.4 is 5.32 Å². The number of likely N-dealkylation sites (tertiary alicyclic amines) is 1. The third-order valence-corrected chi connectivity index (χ3v) is 4.29. The number of carbonyl (C=O) groups excluding carboxylic acids is 1. The molecule has 0 aliphatic carbocycles. The van der Waals surface area contributed by atoms with E-state index in [4.69, 9.17) is 4.52 Å². The van der Waals surface area contributed by atoms with Crippen LogP contribution in [0.15, 0.2) is 16.8 Å². The minimum atomic E-state index is 0.0358. The molecule has 22 heavy (non-hydrogen) atoms. The van der Waals surface area contributed by atoms with Gasteiger partial charge in [-0.15, -0.1) is 0 Å². The summed E-state index contributed by atoms with van der Waals surface area (Å²) in [4.78, 5) is 17.9. The molecule has 0 spiro atoms. The number of hydrogen-bond acceptors (Lipinski definition) is 5. The lowest BCUT2D eigenvalue weighted by Crippen LogP contribution is -2.45. The molecule has 118 valence electrons. The van der Waals surface area contributed by atoms with Crippen molar-refractivity contribution in [2.24, 2.45) is 0 Å². The van der Waals surface area contributed by atoms with Crippen LogP contribution in [0.3, 0.4) is 0 Å². The Morgan fingerprint density at radius 3 is 3.18 bits per heavy atom. The zero-order chi connectivity index (χ0) is 15.5. The van der Waals surface area contributed by atoms with Crippen molar-refractivity contribution in [3.05, 3.63) is 23.5 Å². The maximum absolute atomic E-state index is 11.1. The van der Waals surface area contributed by atoms with Gasteiger partial charge in [-0.05, 0) is 37.9 Å². The molecule has 1 amide bonds. The highest BCUT2D eigenvalue weighted by Gasteiger charge is 2.23. The zero-order valence-corrected chi connectivity index (χ0v) is 13.1. The average Bonchev–Trinajstić information content (AvgIpc) is 2.87. The number of hydrogen-bond donors (Lipinski definition) is 1. The van der Waals surface area contributed by atoms with Crippen molar-refractivity contribution < 1.29 is 9.32 Å². The van der Waals surface area contributed by atoms with Crippen LogP contribution in [-0.4, -0.2) is 40.1 Å². The van der Waals surface area contributed by atoms with E-state index in [9.17, 15) is 4.79 Å². The predicted molar refractivity (Wildman–Crippen MR) is 83.3 cm³/mol. The van der Waals surface area contributed by atoms with Crippen molar-refractivity contribution >= 4 is 17.0 Å². The van der Waals surface area contributed by atoms with Gasteiger partial charge in [0.05, 0.1) is 11.1 Å². The number of piperidine rings is 1. The largest absolute Gasteiger partial charge is 0.355 e. The third kappa shape index (κ3) is 3.27. The van der Waals surface area contributed by atoms with Crippen LogP contribution in [0, 0.1) is 6.92 Å². The predicted octanol–water partition coefficient (Wildman–Crippen LogP) is 2.02. The first-order chi connectivity index (χ1) is 10.6. The van der Waals surface area contributed by atoms with E-state index in [0.717, 1.165) is 42.7 Å². The van der Waals surface area contributed by atoms with Gasteiger partial charge in [0.25, 0.3) is 5.71 Å². The fraction of sp³-hybridized carbons (Fsp3) is 0.562. The summed E-state index contributed by atoms with van der Waals surface area (Å²) in [6.45, 7) is 6.12. The molecule has 0 aromatic carbocycles. The highest BCUT2D eigenvalue weighted by Crippen LogP contribution is 2.22. The molecule has 6 heteroatoms. The van der Waals surface area contributed by atoms with Crippen LogP contribution in [-0.2, 0) is 11.3 Å². The number of aromatic nitrogens is 2. The summed E-state index contributed by atoms with van der Waals surface area (Å²) < 4.78 is 5.16. The first kappa shape index (κ1) is 15.0. The molecule has 3 heterocycles. The highest BCUT2D eigenvalue weighted by molar-refractivity contribution is 5.76. The molecule has 3 rings (SSSR count). The Bertz CT molecular complexity index is 667. The van der Waals surface area contributed by atoms with E-state index in [1.54, 1.807) is 6.92 Å². The summed E-state index contributed by atoms with van der Waals surface area (Å²) in [5.41, 5.74) is 2.63. The number of nitrogens with one attached hydrogen (secondary N) is 1. The first-order valence-corrected chi connectivity index (χ1v) is 7.83. The molecule has 2 aromatic heterocycles. The molecular weight excluding hydrogens is 280 g/mol.